The Bertz CT molecular complexity index is 1170. The maximum absolute atomic E-state index is 12.9. The molecule has 3 unspecified atom stereocenters. The molecule has 0 rings (SSSR count). The van der Waals surface area contributed by atoms with E-state index in [4.69, 9.17) is 9.05 Å². The summed E-state index contributed by atoms with van der Waals surface area (Å²) in [7, 11) is 1.23. The lowest BCUT2D eigenvalue weighted by Gasteiger charge is -2.29. The third-order valence-electron chi connectivity index (χ3n) is 11.8. The van der Waals surface area contributed by atoms with Gasteiger partial charge in [0.1, 0.15) is 13.2 Å². The quantitative estimate of drug-likeness (QED) is 0.0272. The van der Waals surface area contributed by atoms with Gasteiger partial charge in [-0.15, -0.1) is 0 Å². The zero-order valence-corrected chi connectivity index (χ0v) is 42.9. The summed E-state index contributed by atoms with van der Waals surface area (Å²) in [5.41, 5.74) is 0. The fourth-order valence-corrected chi connectivity index (χ4v) is 8.28. The lowest BCUT2D eigenvalue weighted by molar-refractivity contribution is -0.870. The minimum absolute atomic E-state index is 0.0102. The molecule has 0 aromatic carbocycles. The van der Waals surface area contributed by atoms with Crippen LogP contribution >= 0.6 is 7.82 Å². The molecule has 0 aliphatic carbocycles. The first-order chi connectivity index (χ1) is 30.5. The minimum atomic E-state index is -4.61. The Morgan fingerprint density at radius 1 is 0.556 bits per heavy atom. The molecule has 0 aromatic heterocycles. The molecule has 63 heavy (non-hydrogen) atoms. The van der Waals surface area contributed by atoms with Crippen LogP contribution < -0.4 is 10.2 Å². The maximum Gasteiger partial charge on any atom is 0.268 e. The van der Waals surface area contributed by atoms with Gasteiger partial charge < -0.3 is 28.8 Å². The number of hydrogen-bond donors (Lipinski definition) is 2. The highest BCUT2D eigenvalue weighted by Gasteiger charge is 2.23. The first kappa shape index (κ1) is 61.5. The summed E-state index contributed by atoms with van der Waals surface area (Å²) >= 11 is 0. The van der Waals surface area contributed by atoms with Crippen LogP contribution in [0, 0.1) is 0 Å². The standard InChI is InChI=1S/C54H103N2O6P/c1-6-8-10-12-14-16-18-20-22-24-25-26-27-28-29-30-31-32-33-35-37-39-41-43-45-47-53(57)52(51-62-63(59,60)61-50-49-56(3,4)5)55-54(58)48-46-44-42-40-38-36-34-23-21-19-17-15-13-11-9-7-2/h17,19,23,34,37,39,45,47,52-53,57H,6-16,18,20-22,24-33,35-36,38,40-44,46,48-51H2,1-5H3,(H-,55,58,59,60)/b19-17-,34-23-,39-37+,47-45+. The Hall–Kier alpha value is -1.54. The van der Waals surface area contributed by atoms with E-state index in [9.17, 15) is 19.4 Å². The lowest BCUT2D eigenvalue weighted by Crippen LogP contribution is -2.45. The SMILES string of the molecule is CCCCCC/C=C\C/C=C\CCCCCCCC(=O)NC(COP(=O)([O-])OCC[N+](C)(C)C)C(O)/C=C/CC/C=C/CCCCCCCCCCCCCCCCCCCCC. The van der Waals surface area contributed by atoms with Crippen molar-refractivity contribution in [2.24, 2.45) is 0 Å². The number of unbranched alkanes of at least 4 members (excludes halogenated alkanes) is 29. The van der Waals surface area contributed by atoms with E-state index in [0.717, 1.165) is 64.2 Å². The van der Waals surface area contributed by atoms with E-state index in [-0.39, 0.29) is 12.5 Å². The molecule has 1 amide bonds. The zero-order valence-electron chi connectivity index (χ0n) is 42.0. The number of nitrogens with one attached hydrogen (secondary N) is 1. The molecule has 0 spiro atoms. The predicted octanol–water partition coefficient (Wildman–Crippen LogP) is 15.0. The number of aliphatic hydroxyl groups is 1. The Kier molecular flexibility index (Phi) is 44.5. The molecule has 2 N–H and O–H groups in total. The maximum atomic E-state index is 12.9. The summed E-state index contributed by atoms with van der Waals surface area (Å²) < 4.78 is 23.3. The summed E-state index contributed by atoms with van der Waals surface area (Å²) in [5.74, 6) is -0.221. The van der Waals surface area contributed by atoms with Gasteiger partial charge in [-0.05, 0) is 64.2 Å². The van der Waals surface area contributed by atoms with Gasteiger partial charge in [-0.1, -0.05) is 217 Å². The van der Waals surface area contributed by atoms with E-state index in [0.29, 0.717) is 17.4 Å². The number of likely N-dealkylation sites (N-methyl/N-ethyl adjacent to an activating group) is 1. The average Bonchev–Trinajstić information content (AvgIpc) is 3.24. The first-order valence-corrected chi connectivity index (χ1v) is 28.0. The molecule has 9 heteroatoms. The van der Waals surface area contributed by atoms with Crippen LogP contribution in [-0.2, 0) is 18.4 Å². The molecule has 370 valence electrons. The van der Waals surface area contributed by atoms with E-state index in [1.165, 1.54) is 154 Å². The molecule has 0 saturated carbocycles. The normalized spacial score (nSPS) is 14.5. The van der Waals surface area contributed by atoms with Gasteiger partial charge in [0.25, 0.3) is 7.82 Å². The number of hydrogen-bond acceptors (Lipinski definition) is 6. The second kappa shape index (κ2) is 45.6. The van der Waals surface area contributed by atoms with E-state index >= 15 is 0 Å². The van der Waals surface area contributed by atoms with Crippen LogP contribution in [0.3, 0.4) is 0 Å². The second-order valence-corrected chi connectivity index (χ2v) is 20.6. The highest BCUT2D eigenvalue weighted by atomic mass is 31.2. The number of amides is 1. The summed E-state index contributed by atoms with van der Waals surface area (Å²) in [6.45, 7) is 4.61. The highest BCUT2D eigenvalue weighted by molar-refractivity contribution is 7.45. The van der Waals surface area contributed by atoms with Gasteiger partial charge in [-0.3, -0.25) is 9.36 Å². The van der Waals surface area contributed by atoms with E-state index < -0.39 is 26.6 Å². The third kappa shape index (κ3) is 48.2. The molecule has 0 bridgehead atoms. The minimum Gasteiger partial charge on any atom is -0.756 e. The summed E-state index contributed by atoms with van der Waals surface area (Å²) in [4.78, 5) is 25.4. The van der Waals surface area contributed by atoms with Gasteiger partial charge in [-0.2, -0.15) is 0 Å². The van der Waals surface area contributed by atoms with Gasteiger partial charge >= 0.3 is 0 Å². The molecule has 8 nitrogen and oxygen atoms in total. The van der Waals surface area contributed by atoms with Crippen molar-refractivity contribution in [2.75, 3.05) is 40.9 Å². The molecule has 0 heterocycles. The number of rotatable bonds is 48. The molecule has 0 radical (unpaired) electrons. The molecule has 0 aromatic rings. The van der Waals surface area contributed by atoms with Crippen molar-refractivity contribution >= 4 is 13.7 Å². The Balaban J connectivity index is 4.32. The number of quaternary nitrogens is 1. The molecule has 3 atom stereocenters. The second-order valence-electron chi connectivity index (χ2n) is 19.2. The Labute approximate surface area is 390 Å². The number of phosphoric ester groups is 1. The third-order valence-corrected chi connectivity index (χ3v) is 12.7. The van der Waals surface area contributed by atoms with Crippen molar-refractivity contribution in [1.82, 2.24) is 5.32 Å². The number of phosphoric acid groups is 1. The van der Waals surface area contributed by atoms with Crippen LogP contribution in [0.1, 0.15) is 239 Å². The Morgan fingerprint density at radius 2 is 0.937 bits per heavy atom. The smallest absolute Gasteiger partial charge is 0.268 e. The number of allylic oxidation sites excluding steroid dienone is 7. The van der Waals surface area contributed by atoms with Crippen LogP contribution in [0.15, 0.2) is 48.6 Å². The van der Waals surface area contributed by atoms with Crippen molar-refractivity contribution in [3.63, 3.8) is 0 Å². The highest BCUT2D eigenvalue weighted by Crippen LogP contribution is 2.38. The molecular weight excluding hydrogens is 804 g/mol. The van der Waals surface area contributed by atoms with Crippen molar-refractivity contribution in [1.29, 1.82) is 0 Å². The van der Waals surface area contributed by atoms with Crippen molar-refractivity contribution < 1.29 is 32.9 Å². The monoisotopic (exact) mass is 907 g/mol. The molecule has 0 fully saturated rings. The van der Waals surface area contributed by atoms with Crippen LogP contribution in [-0.4, -0.2) is 68.5 Å². The van der Waals surface area contributed by atoms with Gasteiger partial charge in [-0.25, -0.2) is 0 Å². The predicted molar refractivity (Wildman–Crippen MR) is 270 cm³/mol. The lowest BCUT2D eigenvalue weighted by atomic mass is 10.0. The molecule has 0 saturated heterocycles. The Morgan fingerprint density at radius 3 is 1.40 bits per heavy atom. The fraction of sp³-hybridized carbons (Fsp3) is 0.833. The summed E-state index contributed by atoms with van der Waals surface area (Å²) in [5, 5.41) is 13.8. The number of carbonyl (C=O) groups is 1. The number of nitrogens with zero attached hydrogens (tertiary/aromatic N) is 1. The van der Waals surface area contributed by atoms with Crippen LogP contribution in [0.2, 0.25) is 0 Å². The summed E-state index contributed by atoms with van der Waals surface area (Å²) in [6.07, 6.45) is 59.0. The molecular formula is C54H103N2O6P. The van der Waals surface area contributed by atoms with E-state index in [2.05, 4.69) is 55.6 Å². The van der Waals surface area contributed by atoms with Crippen molar-refractivity contribution in [2.45, 2.75) is 251 Å². The fourth-order valence-electron chi connectivity index (χ4n) is 7.55. The number of aliphatic hydroxyl groups excluding tert-OH is 1. The van der Waals surface area contributed by atoms with Crippen molar-refractivity contribution in [3.8, 4) is 0 Å². The van der Waals surface area contributed by atoms with Crippen LogP contribution in [0.5, 0.6) is 0 Å². The zero-order chi connectivity index (χ0) is 46.4. The topological polar surface area (TPSA) is 108 Å². The largest absolute Gasteiger partial charge is 0.756 e. The van der Waals surface area contributed by atoms with Gasteiger partial charge in [0, 0.05) is 6.42 Å². The van der Waals surface area contributed by atoms with Crippen molar-refractivity contribution in [3.05, 3.63) is 48.6 Å². The summed E-state index contributed by atoms with van der Waals surface area (Å²) in [6, 6.07) is -0.911. The molecule has 0 aliphatic rings. The van der Waals surface area contributed by atoms with Crippen LogP contribution in [0.25, 0.3) is 0 Å². The van der Waals surface area contributed by atoms with Gasteiger partial charge in [0.05, 0.1) is 39.9 Å². The number of carbonyl (C=O) groups excluding carboxylic acids is 1. The van der Waals surface area contributed by atoms with Gasteiger partial charge in [0.2, 0.25) is 5.91 Å². The first-order valence-electron chi connectivity index (χ1n) is 26.5. The van der Waals surface area contributed by atoms with E-state index in [1.54, 1.807) is 6.08 Å². The van der Waals surface area contributed by atoms with E-state index in [1.807, 2.05) is 27.2 Å². The average molecular weight is 907 g/mol. The van der Waals surface area contributed by atoms with Gasteiger partial charge in [0.15, 0.2) is 0 Å². The van der Waals surface area contributed by atoms with Crippen LogP contribution in [0.4, 0.5) is 0 Å². The molecule has 0 aliphatic heterocycles.